The highest BCUT2D eigenvalue weighted by Crippen LogP contribution is 2.38. The molecule has 0 unspecified atom stereocenters. The quantitative estimate of drug-likeness (QED) is 0.619. The number of hydrogen-bond donors (Lipinski definition) is 3. The predicted molar refractivity (Wildman–Crippen MR) is 113 cm³/mol. The third-order valence-electron chi connectivity index (χ3n) is 6.68. The number of piperidine rings is 2. The zero-order valence-corrected chi connectivity index (χ0v) is 17.7. The van der Waals surface area contributed by atoms with E-state index in [1.807, 2.05) is 6.07 Å². The van der Waals surface area contributed by atoms with Gasteiger partial charge < -0.3 is 29.7 Å². The monoisotopic (exact) mass is 422 g/mol. The van der Waals surface area contributed by atoms with Crippen LogP contribution in [0.1, 0.15) is 39.0 Å². The Labute approximate surface area is 178 Å². The van der Waals surface area contributed by atoms with Gasteiger partial charge in [-0.25, -0.2) is 0 Å². The molecule has 8 heteroatoms. The zero-order chi connectivity index (χ0) is 21.6. The molecule has 4 rings (SSSR count). The molecule has 3 aliphatic heterocycles. The number of aliphatic hydroxyl groups excluding tert-OH is 2. The first-order chi connectivity index (χ1) is 14.6. The maximum Gasteiger partial charge on any atom is 0.290 e. The van der Waals surface area contributed by atoms with Gasteiger partial charge in [-0.1, -0.05) is 13.3 Å². The Kier molecular flexibility index (Phi) is 7.80. The molecule has 0 spiro atoms. The van der Waals surface area contributed by atoms with Crippen LogP contribution in [0.4, 0.5) is 5.69 Å². The van der Waals surface area contributed by atoms with E-state index in [9.17, 15) is 10.2 Å². The number of benzene rings is 1. The van der Waals surface area contributed by atoms with Crippen LogP contribution in [0.2, 0.25) is 0 Å². The minimum absolute atomic E-state index is 0.0779. The van der Waals surface area contributed by atoms with E-state index in [1.54, 1.807) is 0 Å². The topological polar surface area (TPSA) is 103 Å². The van der Waals surface area contributed by atoms with Gasteiger partial charge in [0.05, 0.1) is 12.7 Å². The van der Waals surface area contributed by atoms with Crippen LogP contribution in [0, 0.1) is 5.41 Å². The normalized spacial score (nSPS) is 26.8. The summed E-state index contributed by atoms with van der Waals surface area (Å²) in [6.45, 7) is 6.05. The molecule has 2 saturated heterocycles. The molecule has 0 amide bonds. The van der Waals surface area contributed by atoms with E-state index in [2.05, 4.69) is 28.9 Å². The fourth-order valence-electron chi connectivity index (χ4n) is 5.04. The van der Waals surface area contributed by atoms with Crippen molar-refractivity contribution in [1.29, 1.82) is 0 Å². The molecule has 3 heterocycles. The van der Waals surface area contributed by atoms with Crippen molar-refractivity contribution in [2.24, 2.45) is 5.41 Å². The number of carboxylic acid groups (broad SMARTS) is 1. The lowest BCUT2D eigenvalue weighted by Gasteiger charge is -2.49. The number of rotatable bonds is 5. The van der Waals surface area contributed by atoms with Gasteiger partial charge in [-0.2, -0.15) is 0 Å². The highest BCUT2D eigenvalue weighted by atomic mass is 16.7. The second-order valence-electron chi connectivity index (χ2n) is 8.41. The molecule has 3 N–H and O–H groups in total. The van der Waals surface area contributed by atoms with Gasteiger partial charge in [-0.15, -0.1) is 0 Å². The summed E-state index contributed by atoms with van der Waals surface area (Å²) in [6, 6.07) is 6.72. The molecule has 3 aliphatic rings. The molecule has 30 heavy (non-hydrogen) atoms. The van der Waals surface area contributed by atoms with E-state index in [1.165, 1.54) is 5.69 Å². The van der Waals surface area contributed by atoms with Crippen molar-refractivity contribution in [2.45, 2.75) is 51.2 Å². The molecule has 0 bridgehead atoms. The maximum atomic E-state index is 10.5. The summed E-state index contributed by atoms with van der Waals surface area (Å²) >= 11 is 0. The third kappa shape index (κ3) is 4.82. The van der Waals surface area contributed by atoms with Crippen LogP contribution in [0.5, 0.6) is 11.5 Å². The number of aliphatic hydroxyl groups is 2. The lowest BCUT2D eigenvalue weighted by atomic mass is 9.74. The molecule has 0 aromatic heterocycles. The molecule has 0 radical (unpaired) electrons. The van der Waals surface area contributed by atoms with E-state index in [4.69, 9.17) is 19.4 Å². The first-order valence-corrected chi connectivity index (χ1v) is 10.8. The molecule has 1 aromatic carbocycles. The molecule has 2 atom stereocenters. The first kappa shape index (κ1) is 22.7. The number of ether oxygens (including phenoxy) is 2. The minimum atomic E-state index is -0.382. The summed E-state index contributed by atoms with van der Waals surface area (Å²) in [5.41, 5.74) is 0.851. The van der Waals surface area contributed by atoms with Crippen molar-refractivity contribution in [3.8, 4) is 11.5 Å². The summed E-state index contributed by atoms with van der Waals surface area (Å²) in [5.74, 6) is 1.67. The van der Waals surface area contributed by atoms with Crippen molar-refractivity contribution in [3.05, 3.63) is 18.2 Å². The molecular weight excluding hydrogens is 388 g/mol. The van der Waals surface area contributed by atoms with Crippen molar-refractivity contribution >= 4 is 12.2 Å². The summed E-state index contributed by atoms with van der Waals surface area (Å²) in [4.78, 5) is 13.3. The van der Waals surface area contributed by atoms with Gasteiger partial charge in [0, 0.05) is 49.4 Å². The Bertz CT molecular complexity index is 694. The van der Waals surface area contributed by atoms with Gasteiger partial charge >= 0.3 is 0 Å². The van der Waals surface area contributed by atoms with Crippen LogP contribution < -0.4 is 14.4 Å². The van der Waals surface area contributed by atoms with Crippen molar-refractivity contribution in [3.63, 3.8) is 0 Å². The van der Waals surface area contributed by atoms with Crippen molar-refractivity contribution in [2.75, 3.05) is 44.5 Å². The minimum Gasteiger partial charge on any atom is -0.483 e. The molecule has 0 aliphatic carbocycles. The van der Waals surface area contributed by atoms with Gasteiger partial charge in [-0.3, -0.25) is 9.69 Å². The fraction of sp³-hybridized carbons (Fsp3) is 0.682. The summed E-state index contributed by atoms with van der Waals surface area (Å²) < 4.78 is 10.9. The summed E-state index contributed by atoms with van der Waals surface area (Å²) in [7, 11) is 0. The molecular formula is C22H34N2O6. The highest BCUT2D eigenvalue weighted by Gasteiger charge is 2.43. The SMILES string of the molecule is CCC[C@@]1(CO)CN(C2CCN(c3ccc4c(c3)OCO4)CC2)CC[C@@H]1O.O=CO. The summed E-state index contributed by atoms with van der Waals surface area (Å²) in [5, 5.41) is 27.4. The second kappa shape index (κ2) is 10.3. The number of fused-ring (bicyclic) bond motifs is 1. The van der Waals surface area contributed by atoms with E-state index in [0.29, 0.717) is 12.8 Å². The predicted octanol–water partition coefficient (Wildman–Crippen LogP) is 1.93. The number of nitrogens with zero attached hydrogens (tertiary/aromatic N) is 2. The smallest absolute Gasteiger partial charge is 0.290 e. The largest absolute Gasteiger partial charge is 0.483 e. The third-order valence-corrected chi connectivity index (χ3v) is 6.68. The summed E-state index contributed by atoms with van der Waals surface area (Å²) in [6.07, 6.45) is 4.48. The van der Waals surface area contributed by atoms with Crippen LogP contribution in [0.3, 0.4) is 0 Å². The Morgan fingerprint density at radius 2 is 1.87 bits per heavy atom. The Morgan fingerprint density at radius 3 is 2.53 bits per heavy atom. The van der Waals surface area contributed by atoms with Crippen LogP contribution in [0.25, 0.3) is 0 Å². The van der Waals surface area contributed by atoms with Crippen LogP contribution in [-0.2, 0) is 4.79 Å². The standard InChI is InChI=1S/C21H32N2O4.CH2O2/c1-2-8-21(14-24)13-23(11-7-20(21)25)16-5-9-22(10-6-16)17-3-4-18-19(12-17)27-15-26-18;2-1-3/h3-4,12,16,20,24-25H,2,5-11,13-15H2,1H3;1H,(H,2,3)/t20-,21-;/m0./s1. The van der Waals surface area contributed by atoms with Gasteiger partial charge in [0.2, 0.25) is 6.79 Å². The molecule has 168 valence electrons. The van der Waals surface area contributed by atoms with Crippen LogP contribution in [-0.4, -0.2) is 78.4 Å². The number of carbonyl (C=O) groups is 1. The van der Waals surface area contributed by atoms with Crippen LogP contribution >= 0.6 is 0 Å². The highest BCUT2D eigenvalue weighted by molar-refractivity contribution is 5.57. The Morgan fingerprint density at radius 1 is 1.17 bits per heavy atom. The average Bonchev–Trinajstić information content (AvgIpc) is 3.24. The Balaban J connectivity index is 0.000000806. The van der Waals surface area contributed by atoms with Gasteiger partial charge in [0.25, 0.3) is 6.47 Å². The van der Waals surface area contributed by atoms with Crippen molar-refractivity contribution in [1.82, 2.24) is 4.90 Å². The fourth-order valence-corrected chi connectivity index (χ4v) is 5.04. The van der Waals surface area contributed by atoms with E-state index < -0.39 is 0 Å². The van der Waals surface area contributed by atoms with Gasteiger partial charge in [-0.05, 0) is 37.8 Å². The first-order valence-electron chi connectivity index (χ1n) is 10.8. The molecule has 2 fully saturated rings. The second-order valence-corrected chi connectivity index (χ2v) is 8.41. The average molecular weight is 423 g/mol. The van der Waals surface area contributed by atoms with E-state index in [0.717, 1.165) is 69.8 Å². The van der Waals surface area contributed by atoms with E-state index in [-0.39, 0.29) is 24.6 Å². The van der Waals surface area contributed by atoms with Crippen LogP contribution in [0.15, 0.2) is 18.2 Å². The molecule has 0 saturated carbocycles. The lowest BCUT2D eigenvalue weighted by molar-refractivity contribution is -0.122. The van der Waals surface area contributed by atoms with E-state index >= 15 is 0 Å². The number of hydrogen-bond acceptors (Lipinski definition) is 7. The zero-order valence-electron chi connectivity index (χ0n) is 17.7. The maximum absolute atomic E-state index is 10.5. The molecule has 1 aromatic rings. The van der Waals surface area contributed by atoms with Gasteiger partial charge in [0.1, 0.15) is 0 Å². The van der Waals surface area contributed by atoms with Crippen molar-refractivity contribution < 1.29 is 29.6 Å². The number of likely N-dealkylation sites (tertiary alicyclic amines) is 1. The van der Waals surface area contributed by atoms with Gasteiger partial charge in [0.15, 0.2) is 11.5 Å². The Hall–Kier alpha value is -2.03. The number of anilines is 1. The molecule has 8 nitrogen and oxygen atoms in total. The lowest BCUT2D eigenvalue weighted by Crippen LogP contribution is -2.57.